The van der Waals surface area contributed by atoms with Crippen molar-refractivity contribution in [3.63, 3.8) is 0 Å². The largest absolute Gasteiger partial charge is 1.00 e. The number of hydrogen-bond donors (Lipinski definition) is 2. The average molecular weight is 1750 g/mol. The van der Waals surface area contributed by atoms with Crippen LogP contribution >= 0.6 is 70.9 Å². The van der Waals surface area contributed by atoms with Gasteiger partial charge in [-0.3, -0.25) is 47.3 Å². The van der Waals surface area contributed by atoms with E-state index in [4.69, 9.17) is 56.8 Å². The Morgan fingerprint density at radius 1 is 0.425 bits per heavy atom. The van der Waals surface area contributed by atoms with E-state index in [0.29, 0.717) is 115 Å². The van der Waals surface area contributed by atoms with Gasteiger partial charge in [-0.1, -0.05) is 114 Å². The van der Waals surface area contributed by atoms with E-state index in [0.717, 1.165) is 67.7 Å². The summed E-state index contributed by atoms with van der Waals surface area (Å²) in [5, 5.41) is 9.32. The first-order valence-electron chi connectivity index (χ1n) is 35.5. The topological polar surface area (TPSA) is 322 Å². The van der Waals surface area contributed by atoms with E-state index >= 15 is 0 Å². The van der Waals surface area contributed by atoms with E-state index in [-0.39, 0.29) is 169 Å². The standard InChI is InChI=1S/C48H60O12P2S2.C21H23O5P.C6H14O2S2.C4H8O2.CH2O3.2K.H/c1-35-31-37(3)45(38(4)32-35)47(51)61(53,41-13-9-7-10-14-41)59-23-21-57-43(49)17-27-63-29-25-55-19-20-56-26-30-64-28-18-44(50)58-22-24-60-62(54,42-15-11-8-12-16-42)48(52)46-39(5)33-36(2)34-40(46)6;1-5-19(22)25-11-12-26-27(24,18-9-7-6-8-10-18)21(23)20-16(3)13-15(2)14-17(20)4;9-5-3-7-1-2-8-4-6-10;1-3-6-4(2)5;2-1-4-3;;;/h7-16,31-34H,17-30H2,1-6H3;5-10,13-14H,1,11-12H2,2-4H3;9-10H,1-6H2;3H2,1-2H3;1,3H;;;/q;;;;;2*+1;-1/p-1. The van der Waals surface area contributed by atoms with Gasteiger partial charge in [-0.15, -0.1) is 0 Å². The molecule has 0 spiro atoms. The first kappa shape index (κ1) is 109. The van der Waals surface area contributed by atoms with Crippen LogP contribution in [0, 0.1) is 62.3 Å². The summed E-state index contributed by atoms with van der Waals surface area (Å²) in [4.78, 5) is 97.6. The fraction of sp³-hybridized carbons (Fsp3) is 0.425. The van der Waals surface area contributed by atoms with E-state index in [1.54, 1.807) is 121 Å². The summed E-state index contributed by atoms with van der Waals surface area (Å²) in [7, 11) is -11.8. The van der Waals surface area contributed by atoms with Crippen molar-refractivity contribution in [2.45, 2.75) is 89.0 Å². The van der Waals surface area contributed by atoms with E-state index in [1.807, 2.05) is 98.7 Å². The molecule has 6 aromatic rings. The molecule has 0 N–H and O–H groups in total. The number of benzene rings is 6. The molecule has 0 aliphatic carbocycles. The molecule has 0 amide bonds. The van der Waals surface area contributed by atoms with Gasteiger partial charge in [0.25, 0.3) is 23.0 Å². The Morgan fingerprint density at radius 3 is 0.938 bits per heavy atom. The minimum Gasteiger partial charge on any atom is -1.00 e. The molecule has 0 radical (unpaired) electrons. The summed E-state index contributed by atoms with van der Waals surface area (Å²) in [6.07, 6.45) is 1.40. The first-order valence-corrected chi connectivity index (χ1v) is 43.9. The molecule has 0 aromatic heterocycles. The van der Waals surface area contributed by atoms with Crippen LogP contribution in [-0.4, -0.2) is 181 Å². The summed E-state index contributed by atoms with van der Waals surface area (Å²) < 4.78 is 100. The van der Waals surface area contributed by atoms with Crippen LogP contribution in [0.5, 0.6) is 0 Å². The predicted octanol–water partition coefficient (Wildman–Crippen LogP) is 7.23. The smallest absolute Gasteiger partial charge is 1.00 e. The van der Waals surface area contributed by atoms with Crippen molar-refractivity contribution >= 4 is 134 Å². The van der Waals surface area contributed by atoms with Gasteiger partial charge in [-0.05, 0) is 139 Å². The summed E-state index contributed by atoms with van der Waals surface area (Å²) in [5.74, 6) is 2.34. The fourth-order valence-electron chi connectivity index (χ4n) is 10.5. The quantitative estimate of drug-likeness (QED) is 0.00363. The molecule has 0 fully saturated rings. The SMILES string of the molecule is C=CC(=O)OCCOP(=O)(C(=O)c1c(C)cc(C)cc1C)c1ccccc1.CCOC(C)=O.Cc1cc(C)c(C(=O)P(=O)(OCCOC(=O)CCSCCOCCOCCSCCC(=O)OCCOP(=O)(C(=O)c2c(C)cc(C)cc2C)c2ccccc2)c2ccccc2)c(C)c1.O=CO[O-].SCCOCCOCCS.[H-].[K+].[K+]. The molecule has 33 heteroatoms. The van der Waals surface area contributed by atoms with Crippen LogP contribution in [0.1, 0.15) is 109 Å². The second-order valence-corrected chi connectivity index (χ2v) is 34.1. The third-order valence-corrected chi connectivity index (χ3v) is 24.1. The molecule has 0 aliphatic rings. The van der Waals surface area contributed by atoms with Crippen LogP contribution < -0.4 is 124 Å². The molecule has 6 aromatic carbocycles. The summed E-state index contributed by atoms with van der Waals surface area (Å²) in [6, 6.07) is 36.4. The molecule has 3 atom stereocenters. The summed E-state index contributed by atoms with van der Waals surface area (Å²) in [6.45, 7) is 27.1. The second kappa shape index (κ2) is 63.5. The first-order chi connectivity index (χ1) is 53.1. The number of carbonyl (C=O) groups is 8. The van der Waals surface area contributed by atoms with Crippen LogP contribution in [0.3, 0.4) is 0 Å². The maximum Gasteiger partial charge on any atom is 1.00 e. The van der Waals surface area contributed by atoms with E-state index in [1.165, 1.54) is 6.92 Å². The number of thioether (sulfide) groups is 2. The Labute approximate surface area is 772 Å². The average Bonchev–Trinajstić information content (AvgIpc) is 0.788. The Hall–Kier alpha value is -3.54. The second-order valence-electron chi connectivity index (χ2n) is 23.9. The number of esters is 4. The molecule has 0 saturated heterocycles. The molecule has 0 saturated carbocycles. The van der Waals surface area contributed by atoms with E-state index in [2.05, 4.69) is 41.5 Å². The van der Waals surface area contributed by atoms with Crippen molar-refractivity contribution in [3.05, 3.63) is 207 Å². The van der Waals surface area contributed by atoms with Gasteiger partial charge in [-0.2, -0.15) is 48.8 Å². The van der Waals surface area contributed by atoms with Crippen LogP contribution in [-0.2, 0) is 94.0 Å². The maximum absolute atomic E-state index is 14.2. The van der Waals surface area contributed by atoms with Crippen LogP contribution in [0.4, 0.5) is 0 Å². The van der Waals surface area contributed by atoms with Crippen molar-refractivity contribution in [2.75, 3.05) is 134 Å². The normalized spacial score (nSPS) is 12.0. The molecule has 6 rings (SSSR count). The molecule has 113 heavy (non-hydrogen) atoms. The number of carbonyl (C=O) groups excluding carboxylic acids is 8. The van der Waals surface area contributed by atoms with Gasteiger partial charge in [-0.25, -0.2) is 4.79 Å². The van der Waals surface area contributed by atoms with Gasteiger partial charge >= 0.3 is 149 Å². The van der Waals surface area contributed by atoms with Crippen molar-refractivity contribution in [3.8, 4) is 0 Å². The third kappa shape index (κ3) is 42.3. The van der Waals surface area contributed by atoms with Gasteiger partial charge in [0.05, 0.1) is 92.1 Å². The Bertz CT molecular complexity index is 3780. The number of aryl methyl sites for hydroxylation is 9. The number of ether oxygens (including phenoxy) is 8. The monoisotopic (exact) mass is 1750 g/mol. The number of rotatable bonds is 46. The minimum absolute atomic E-state index is 0. The van der Waals surface area contributed by atoms with Crippen LogP contribution in [0.25, 0.3) is 0 Å². The van der Waals surface area contributed by atoms with Crippen molar-refractivity contribution in [1.82, 2.24) is 0 Å². The summed E-state index contributed by atoms with van der Waals surface area (Å²) >= 11 is 11.1. The van der Waals surface area contributed by atoms with E-state index < -0.39 is 56.6 Å². The third-order valence-electron chi connectivity index (χ3n) is 15.0. The van der Waals surface area contributed by atoms with Crippen molar-refractivity contribution in [2.24, 2.45) is 0 Å². The molecule has 612 valence electrons. The molecular weight excluding hydrogens is 1640 g/mol. The Balaban J connectivity index is 0. The van der Waals surface area contributed by atoms with Crippen molar-refractivity contribution < 1.29 is 218 Å². The fourth-order valence-corrected chi connectivity index (χ4v) is 18.4. The molecule has 0 heterocycles. The Kier molecular flexibility index (Phi) is 61.5. The molecule has 0 bridgehead atoms. The zero-order valence-electron chi connectivity index (χ0n) is 68.1. The number of hydrogen-bond acceptors (Lipinski definition) is 28. The summed E-state index contributed by atoms with van der Waals surface area (Å²) in [5.41, 5.74) is 6.87. The van der Waals surface area contributed by atoms with Gasteiger partial charge in [0, 0.05) is 80.1 Å². The van der Waals surface area contributed by atoms with Gasteiger partial charge < -0.3 is 63.0 Å². The van der Waals surface area contributed by atoms with E-state index in [9.17, 15) is 47.3 Å². The van der Waals surface area contributed by atoms with Gasteiger partial charge in [0.1, 0.15) is 19.8 Å². The van der Waals surface area contributed by atoms with Gasteiger partial charge in [0.2, 0.25) is 0 Å². The number of thiol groups is 2. The van der Waals surface area contributed by atoms with Crippen LogP contribution in [0.15, 0.2) is 140 Å². The van der Waals surface area contributed by atoms with Gasteiger partial charge in [0.15, 0.2) is 0 Å². The maximum atomic E-state index is 14.2. The molecular formula is C80H107K2O24P3S4. The molecule has 0 aliphatic heterocycles. The molecule has 3 unspecified atom stereocenters. The predicted molar refractivity (Wildman–Crippen MR) is 442 cm³/mol. The zero-order valence-corrected chi connectivity index (χ0v) is 79.5. The zero-order chi connectivity index (χ0) is 82.6. The van der Waals surface area contributed by atoms with Crippen LogP contribution in [0.2, 0.25) is 0 Å². The minimum atomic E-state index is -3.98. The van der Waals surface area contributed by atoms with Crippen molar-refractivity contribution in [1.29, 1.82) is 0 Å². The Morgan fingerprint density at radius 2 is 0.699 bits per heavy atom. The molecule has 24 nitrogen and oxygen atoms in total.